The Kier molecular flexibility index (Phi) is 4.00. The molecule has 5 fully saturated rings. The fraction of sp³-hybridized carbons (Fsp3) is 0.920. The van der Waals surface area contributed by atoms with Gasteiger partial charge in [-0.2, -0.15) is 0 Å². The zero-order valence-corrected chi connectivity index (χ0v) is 17.3. The van der Waals surface area contributed by atoms with E-state index in [4.69, 9.17) is 0 Å². The molecule has 26 heavy (non-hydrogen) atoms. The molecule has 0 aromatic heterocycles. The van der Waals surface area contributed by atoms with Crippen LogP contribution in [0.2, 0.25) is 0 Å². The molecule has 1 heteroatoms. The van der Waals surface area contributed by atoms with Crippen molar-refractivity contribution < 1.29 is 5.11 Å². The Hall–Kier alpha value is -0.300. The maximum Gasteiger partial charge on any atom is 0.0622 e. The summed E-state index contributed by atoms with van der Waals surface area (Å²) >= 11 is 0. The zero-order valence-electron chi connectivity index (χ0n) is 17.3. The van der Waals surface area contributed by atoms with Crippen LogP contribution in [0, 0.1) is 52.8 Å². The van der Waals surface area contributed by atoms with E-state index in [0.717, 1.165) is 60.2 Å². The van der Waals surface area contributed by atoms with Gasteiger partial charge in [0.05, 0.1) is 5.60 Å². The van der Waals surface area contributed by atoms with Crippen LogP contribution in [0.5, 0.6) is 0 Å². The van der Waals surface area contributed by atoms with Crippen LogP contribution in [0.1, 0.15) is 85.0 Å². The highest BCUT2D eigenvalue weighted by Gasteiger charge is 2.62. The first-order chi connectivity index (χ1) is 12.3. The van der Waals surface area contributed by atoms with E-state index >= 15 is 0 Å². The SMILES string of the molecule is C=C(C)[C@H]1C[C@@H](C2CC2)[C@H]2[C@@H]3CC[C@@H]4C[C@](C)(O)CC[C@@H]4[C@H]3CC[C@@]21C. The molecule has 0 amide bonds. The van der Waals surface area contributed by atoms with Crippen molar-refractivity contribution in [2.45, 2.75) is 90.6 Å². The molecule has 1 nitrogen and oxygen atoms in total. The van der Waals surface area contributed by atoms with Gasteiger partial charge in [-0.1, -0.05) is 19.1 Å². The van der Waals surface area contributed by atoms with Crippen LogP contribution >= 0.6 is 0 Å². The maximum absolute atomic E-state index is 10.6. The van der Waals surface area contributed by atoms with Gasteiger partial charge in [0, 0.05) is 0 Å². The molecule has 5 rings (SSSR count). The third kappa shape index (κ3) is 2.59. The summed E-state index contributed by atoms with van der Waals surface area (Å²) in [4.78, 5) is 0. The predicted molar refractivity (Wildman–Crippen MR) is 108 cm³/mol. The third-order valence-electron chi connectivity index (χ3n) is 10.1. The molecular formula is C25H40O. The van der Waals surface area contributed by atoms with Crippen LogP contribution in [0.15, 0.2) is 12.2 Å². The lowest BCUT2D eigenvalue weighted by molar-refractivity contribution is -0.105. The van der Waals surface area contributed by atoms with Crippen LogP contribution in [-0.4, -0.2) is 10.7 Å². The summed E-state index contributed by atoms with van der Waals surface area (Å²) < 4.78 is 0. The minimum atomic E-state index is -0.383. The number of aliphatic hydroxyl groups is 1. The largest absolute Gasteiger partial charge is 0.390 e. The maximum atomic E-state index is 10.6. The van der Waals surface area contributed by atoms with Crippen molar-refractivity contribution >= 4 is 0 Å². The number of fused-ring (bicyclic) bond motifs is 5. The van der Waals surface area contributed by atoms with E-state index in [2.05, 4.69) is 27.4 Å². The highest BCUT2D eigenvalue weighted by Crippen LogP contribution is 2.69. The highest BCUT2D eigenvalue weighted by molar-refractivity contribution is 5.17. The van der Waals surface area contributed by atoms with Gasteiger partial charge in [0.1, 0.15) is 0 Å². The molecule has 0 heterocycles. The first-order valence-corrected chi connectivity index (χ1v) is 11.7. The van der Waals surface area contributed by atoms with Crippen molar-refractivity contribution in [3.63, 3.8) is 0 Å². The molecular weight excluding hydrogens is 316 g/mol. The fourth-order valence-corrected chi connectivity index (χ4v) is 9.03. The van der Waals surface area contributed by atoms with E-state index in [-0.39, 0.29) is 5.60 Å². The van der Waals surface area contributed by atoms with Crippen LogP contribution in [0.3, 0.4) is 0 Å². The van der Waals surface area contributed by atoms with E-state index in [0.29, 0.717) is 5.41 Å². The van der Waals surface area contributed by atoms with E-state index in [1.165, 1.54) is 56.9 Å². The Bertz CT molecular complexity index is 587. The average Bonchev–Trinajstić information content (AvgIpc) is 3.35. The van der Waals surface area contributed by atoms with Crippen LogP contribution < -0.4 is 0 Å². The minimum absolute atomic E-state index is 0.383. The monoisotopic (exact) mass is 356 g/mol. The molecule has 0 aromatic carbocycles. The first-order valence-electron chi connectivity index (χ1n) is 11.7. The van der Waals surface area contributed by atoms with E-state index in [1.54, 1.807) is 0 Å². The number of hydrogen-bond acceptors (Lipinski definition) is 1. The van der Waals surface area contributed by atoms with Gasteiger partial charge >= 0.3 is 0 Å². The molecule has 0 aliphatic heterocycles. The van der Waals surface area contributed by atoms with Crippen molar-refractivity contribution in [1.29, 1.82) is 0 Å². The van der Waals surface area contributed by atoms with Crippen LogP contribution in [0.25, 0.3) is 0 Å². The molecule has 9 atom stereocenters. The quantitative estimate of drug-likeness (QED) is 0.582. The standard InChI is InChI=1S/C25H40O/c1-15(2)22-13-21(16-5-6-16)23-20-8-7-17-14-24(3,26)11-9-18(17)19(20)10-12-25(22,23)4/h16-23,26H,1,5-14H2,2-4H3/t17-,18+,19-,20-,21+,22-,23-,24-,25-/m1/s1. The molecule has 0 aromatic rings. The molecule has 5 aliphatic carbocycles. The summed E-state index contributed by atoms with van der Waals surface area (Å²) in [7, 11) is 0. The summed E-state index contributed by atoms with van der Waals surface area (Å²) in [6.45, 7) is 11.5. The van der Waals surface area contributed by atoms with Gasteiger partial charge in [0.15, 0.2) is 0 Å². The molecule has 0 unspecified atom stereocenters. The van der Waals surface area contributed by atoms with Crippen molar-refractivity contribution in [3.05, 3.63) is 12.2 Å². The molecule has 0 radical (unpaired) electrons. The topological polar surface area (TPSA) is 20.2 Å². The lowest BCUT2D eigenvalue weighted by Crippen LogP contribution is -2.51. The smallest absolute Gasteiger partial charge is 0.0622 e. The third-order valence-corrected chi connectivity index (χ3v) is 10.1. The highest BCUT2D eigenvalue weighted by atomic mass is 16.3. The molecule has 5 aliphatic rings. The van der Waals surface area contributed by atoms with Gasteiger partial charge in [0.25, 0.3) is 0 Å². The minimum Gasteiger partial charge on any atom is -0.390 e. The normalized spacial score (nSPS) is 56.4. The molecule has 0 bridgehead atoms. The van der Waals surface area contributed by atoms with Crippen molar-refractivity contribution in [3.8, 4) is 0 Å². The second-order valence-electron chi connectivity index (χ2n) is 11.8. The summed E-state index contributed by atoms with van der Waals surface area (Å²) in [5.74, 6) is 7.47. The Morgan fingerprint density at radius 1 is 0.846 bits per heavy atom. The van der Waals surface area contributed by atoms with Gasteiger partial charge in [-0.05, 0) is 131 Å². The molecule has 0 saturated heterocycles. The number of allylic oxidation sites excluding steroid dienone is 1. The lowest BCUT2D eigenvalue weighted by Gasteiger charge is -2.58. The molecule has 0 spiro atoms. The van der Waals surface area contributed by atoms with E-state index < -0.39 is 0 Å². The number of rotatable bonds is 2. The van der Waals surface area contributed by atoms with Crippen molar-refractivity contribution in [1.82, 2.24) is 0 Å². The van der Waals surface area contributed by atoms with E-state index in [1.807, 2.05) is 0 Å². The summed E-state index contributed by atoms with van der Waals surface area (Å²) in [5.41, 5.74) is 1.63. The van der Waals surface area contributed by atoms with Gasteiger partial charge < -0.3 is 5.11 Å². The molecule has 1 N–H and O–H groups in total. The second-order valence-corrected chi connectivity index (χ2v) is 11.8. The summed E-state index contributed by atoms with van der Waals surface area (Å²) in [5, 5.41) is 10.6. The van der Waals surface area contributed by atoms with Gasteiger partial charge in [-0.25, -0.2) is 0 Å². The average molecular weight is 357 g/mol. The Labute approximate surface area is 161 Å². The van der Waals surface area contributed by atoms with Crippen LogP contribution in [-0.2, 0) is 0 Å². The van der Waals surface area contributed by atoms with Crippen LogP contribution in [0.4, 0.5) is 0 Å². The van der Waals surface area contributed by atoms with Gasteiger partial charge in [-0.15, -0.1) is 0 Å². The first kappa shape index (κ1) is 17.8. The van der Waals surface area contributed by atoms with Crippen molar-refractivity contribution in [2.75, 3.05) is 0 Å². The number of hydrogen-bond donors (Lipinski definition) is 1. The van der Waals surface area contributed by atoms with Crippen molar-refractivity contribution in [2.24, 2.45) is 52.8 Å². The Balaban J connectivity index is 1.44. The molecule has 146 valence electrons. The summed E-state index contributed by atoms with van der Waals surface area (Å²) in [6.07, 6.45) is 13.6. The van der Waals surface area contributed by atoms with E-state index in [9.17, 15) is 5.11 Å². The van der Waals surface area contributed by atoms with Gasteiger partial charge in [0.2, 0.25) is 0 Å². The second kappa shape index (κ2) is 5.85. The predicted octanol–water partition coefficient (Wildman–Crippen LogP) is 6.22. The Morgan fingerprint density at radius 2 is 1.54 bits per heavy atom. The zero-order chi connectivity index (χ0) is 18.3. The molecule has 5 saturated carbocycles. The summed E-state index contributed by atoms with van der Waals surface area (Å²) in [6, 6.07) is 0. The fourth-order valence-electron chi connectivity index (χ4n) is 9.03. The lowest BCUT2D eigenvalue weighted by atomic mass is 9.48. The Morgan fingerprint density at radius 3 is 2.23 bits per heavy atom. The van der Waals surface area contributed by atoms with Gasteiger partial charge in [-0.3, -0.25) is 0 Å².